The molecule has 1 aliphatic carbocycles. The number of carbonyl (C=O) groups excluding carboxylic acids is 1. The van der Waals surface area contributed by atoms with E-state index in [1.807, 2.05) is 48.5 Å². The lowest BCUT2D eigenvalue weighted by atomic mass is 9.93. The number of carbonyl (C=O) groups is 1. The number of amides is 1. The Morgan fingerprint density at radius 1 is 0.846 bits per heavy atom. The Morgan fingerprint density at radius 2 is 1.65 bits per heavy atom. The predicted octanol–water partition coefficient (Wildman–Crippen LogP) is 4.57. The molecule has 0 fully saturated rings. The molecule has 3 aromatic carbocycles. The van der Waals surface area contributed by atoms with Gasteiger partial charge in [0.2, 0.25) is 5.91 Å². The molecule has 0 saturated heterocycles. The number of primary amides is 1. The van der Waals surface area contributed by atoms with Gasteiger partial charge in [0.25, 0.3) is 0 Å². The van der Waals surface area contributed by atoms with E-state index in [1.54, 1.807) is 0 Å². The average molecular weight is 336 g/mol. The first-order chi connectivity index (χ1) is 12.7. The van der Waals surface area contributed by atoms with Gasteiger partial charge in [-0.3, -0.25) is 4.79 Å². The van der Waals surface area contributed by atoms with Gasteiger partial charge >= 0.3 is 0 Å². The minimum atomic E-state index is -0.382. The minimum absolute atomic E-state index is 0.382. The van der Waals surface area contributed by atoms with E-state index in [9.17, 15) is 4.79 Å². The van der Waals surface area contributed by atoms with Gasteiger partial charge in [-0.2, -0.15) is 0 Å². The highest BCUT2D eigenvalue weighted by molar-refractivity contribution is 6.01. The van der Waals surface area contributed by atoms with Crippen LogP contribution >= 0.6 is 0 Å². The molecule has 1 amide bonds. The van der Waals surface area contributed by atoms with Crippen molar-refractivity contribution in [2.75, 3.05) is 0 Å². The van der Waals surface area contributed by atoms with Gasteiger partial charge in [0.05, 0.1) is 11.2 Å². The van der Waals surface area contributed by atoms with Crippen molar-refractivity contribution in [3.63, 3.8) is 0 Å². The largest absolute Gasteiger partial charge is 0.366 e. The van der Waals surface area contributed by atoms with Crippen LogP contribution in [0, 0.1) is 0 Å². The summed E-state index contributed by atoms with van der Waals surface area (Å²) in [6, 6.07) is 24.3. The summed E-state index contributed by atoms with van der Waals surface area (Å²) in [4.78, 5) is 16.8. The third-order valence-electron chi connectivity index (χ3n) is 5.11. The molecule has 26 heavy (non-hydrogen) atoms. The number of hydrogen-bond acceptors (Lipinski definition) is 2. The second kappa shape index (κ2) is 5.53. The third-order valence-corrected chi connectivity index (χ3v) is 5.11. The zero-order valence-corrected chi connectivity index (χ0v) is 14.1. The van der Waals surface area contributed by atoms with Gasteiger partial charge in [-0.1, -0.05) is 54.6 Å². The summed E-state index contributed by atoms with van der Waals surface area (Å²) in [5.74, 6) is -0.382. The van der Waals surface area contributed by atoms with Gasteiger partial charge in [-0.25, -0.2) is 4.98 Å². The zero-order valence-electron chi connectivity index (χ0n) is 14.1. The van der Waals surface area contributed by atoms with Gasteiger partial charge in [-0.15, -0.1) is 0 Å². The Hall–Kier alpha value is -3.46. The van der Waals surface area contributed by atoms with Gasteiger partial charge in [-0.05, 0) is 46.9 Å². The fraction of sp³-hybridized carbons (Fsp3) is 0.0435. The van der Waals surface area contributed by atoms with Crippen LogP contribution in [0.5, 0.6) is 0 Å². The maximum absolute atomic E-state index is 11.9. The summed E-state index contributed by atoms with van der Waals surface area (Å²) < 4.78 is 0. The second-order valence-corrected chi connectivity index (χ2v) is 6.60. The van der Waals surface area contributed by atoms with Crippen molar-refractivity contribution in [1.29, 1.82) is 0 Å². The number of rotatable bonds is 2. The van der Waals surface area contributed by atoms with Crippen LogP contribution in [0.15, 0.2) is 72.8 Å². The van der Waals surface area contributed by atoms with E-state index in [-0.39, 0.29) is 5.91 Å². The van der Waals surface area contributed by atoms with Crippen LogP contribution in [0.25, 0.3) is 33.3 Å². The van der Waals surface area contributed by atoms with Crippen molar-refractivity contribution in [3.05, 3.63) is 89.5 Å². The van der Waals surface area contributed by atoms with E-state index in [4.69, 9.17) is 10.7 Å². The van der Waals surface area contributed by atoms with Crippen molar-refractivity contribution in [2.24, 2.45) is 5.73 Å². The summed E-state index contributed by atoms with van der Waals surface area (Å²) in [5, 5.41) is 1.11. The molecule has 124 valence electrons. The standard InChI is InChI=1S/C23H16N2O/c24-23(26)17-10-11-18(21-12-9-14-5-2-4-8-20(14)25-21)22-16-7-3-1-6-15(16)13-19(17)22/h1-12H,13H2,(H2,24,26). The molecule has 3 nitrogen and oxygen atoms in total. The first-order valence-corrected chi connectivity index (χ1v) is 8.62. The monoisotopic (exact) mass is 336 g/mol. The number of nitrogens with zero attached hydrogens (tertiary/aromatic N) is 1. The summed E-state index contributed by atoms with van der Waals surface area (Å²) in [6.07, 6.45) is 0.727. The number of benzene rings is 3. The molecule has 5 rings (SSSR count). The van der Waals surface area contributed by atoms with Crippen molar-refractivity contribution >= 4 is 16.8 Å². The summed E-state index contributed by atoms with van der Waals surface area (Å²) in [7, 11) is 0. The molecule has 2 N–H and O–H groups in total. The van der Waals surface area contributed by atoms with Gasteiger partial charge in [0, 0.05) is 16.5 Å². The van der Waals surface area contributed by atoms with Crippen LogP contribution in [0.3, 0.4) is 0 Å². The van der Waals surface area contributed by atoms with Crippen LogP contribution in [-0.2, 0) is 6.42 Å². The predicted molar refractivity (Wildman–Crippen MR) is 104 cm³/mol. The van der Waals surface area contributed by atoms with Crippen molar-refractivity contribution in [2.45, 2.75) is 6.42 Å². The van der Waals surface area contributed by atoms with E-state index < -0.39 is 0 Å². The van der Waals surface area contributed by atoms with Gasteiger partial charge in [0.1, 0.15) is 0 Å². The van der Waals surface area contributed by atoms with Crippen molar-refractivity contribution < 1.29 is 4.79 Å². The summed E-state index contributed by atoms with van der Waals surface area (Å²) in [6.45, 7) is 0. The second-order valence-electron chi connectivity index (χ2n) is 6.60. The van der Waals surface area contributed by atoms with E-state index in [0.29, 0.717) is 5.56 Å². The maximum atomic E-state index is 11.9. The fourth-order valence-electron chi connectivity index (χ4n) is 3.91. The zero-order chi connectivity index (χ0) is 17.7. The van der Waals surface area contributed by atoms with Crippen LogP contribution in [-0.4, -0.2) is 10.9 Å². The highest BCUT2D eigenvalue weighted by Gasteiger charge is 2.26. The molecule has 3 heteroatoms. The average Bonchev–Trinajstić information content (AvgIpc) is 3.06. The molecule has 0 bridgehead atoms. The summed E-state index contributed by atoms with van der Waals surface area (Å²) >= 11 is 0. The molecule has 0 saturated carbocycles. The topological polar surface area (TPSA) is 56.0 Å². The number of fused-ring (bicyclic) bond motifs is 4. The molecule has 1 aliphatic rings. The van der Waals surface area contributed by atoms with Crippen LogP contribution in [0.1, 0.15) is 21.5 Å². The molecule has 0 aliphatic heterocycles. The molecular formula is C23H16N2O. The Labute approximate surface area is 151 Å². The molecule has 1 aromatic heterocycles. The van der Waals surface area contributed by atoms with Crippen LogP contribution in [0.4, 0.5) is 0 Å². The molecule has 0 spiro atoms. The highest BCUT2D eigenvalue weighted by Crippen LogP contribution is 2.44. The molecule has 1 heterocycles. The Morgan fingerprint density at radius 3 is 2.54 bits per heavy atom. The highest BCUT2D eigenvalue weighted by atomic mass is 16.1. The normalized spacial score (nSPS) is 12.0. The van der Waals surface area contributed by atoms with E-state index >= 15 is 0 Å². The van der Waals surface area contributed by atoms with Crippen molar-refractivity contribution in [1.82, 2.24) is 4.98 Å². The quantitative estimate of drug-likeness (QED) is 0.513. The Balaban J connectivity index is 1.81. The lowest BCUT2D eigenvalue weighted by Crippen LogP contribution is -2.13. The molecule has 4 aromatic rings. The minimum Gasteiger partial charge on any atom is -0.366 e. The van der Waals surface area contributed by atoms with E-state index in [2.05, 4.69) is 24.3 Å². The number of pyridine rings is 1. The maximum Gasteiger partial charge on any atom is 0.249 e. The number of hydrogen-bond donors (Lipinski definition) is 1. The summed E-state index contributed by atoms with van der Waals surface area (Å²) in [5.41, 5.74) is 13.6. The molecule has 0 radical (unpaired) electrons. The molecule has 0 unspecified atom stereocenters. The van der Waals surface area contributed by atoms with E-state index in [1.165, 1.54) is 5.56 Å². The van der Waals surface area contributed by atoms with Gasteiger partial charge < -0.3 is 5.73 Å². The molecular weight excluding hydrogens is 320 g/mol. The first-order valence-electron chi connectivity index (χ1n) is 8.62. The third kappa shape index (κ3) is 2.14. The number of aromatic nitrogens is 1. The lowest BCUT2D eigenvalue weighted by molar-refractivity contribution is 0.0999. The van der Waals surface area contributed by atoms with Gasteiger partial charge in [0.15, 0.2) is 0 Å². The first kappa shape index (κ1) is 14.8. The fourth-order valence-corrected chi connectivity index (χ4v) is 3.91. The van der Waals surface area contributed by atoms with Crippen LogP contribution < -0.4 is 5.73 Å². The molecule has 0 atom stereocenters. The Bertz CT molecular complexity index is 1190. The lowest BCUT2D eigenvalue weighted by Gasteiger charge is -2.12. The Kier molecular flexibility index (Phi) is 3.16. The van der Waals surface area contributed by atoms with E-state index in [0.717, 1.165) is 45.3 Å². The van der Waals surface area contributed by atoms with Crippen molar-refractivity contribution in [3.8, 4) is 22.4 Å². The van der Waals surface area contributed by atoms with Crippen LogP contribution in [0.2, 0.25) is 0 Å². The number of nitrogens with two attached hydrogens (primary N) is 1. The number of para-hydroxylation sites is 1. The SMILES string of the molecule is NC(=O)c1ccc(-c2ccc3ccccc3n2)c2c1Cc1ccccc1-2. The smallest absolute Gasteiger partial charge is 0.249 e.